The Hall–Kier alpha value is -3.03. The maximum absolute atomic E-state index is 14.9. The third-order valence-electron chi connectivity index (χ3n) is 7.05. The fourth-order valence-corrected chi connectivity index (χ4v) is 4.21. The molecule has 44 heavy (non-hydrogen) atoms. The zero-order valence-electron chi connectivity index (χ0n) is 24.8. The van der Waals surface area contributed by atoms with Gasteiger partial charge in [0, 0.05) is 13.0 Å². The summed E-state index contributed by atoms with van der Waals surface area (Å²) < 4.78 is 34.3. The minimum Gasteiger partial charge on any atom is -0.480 e. The van der Waals surface area contributed by atoms with E-state index >= 15 is 0 Å². The molecule has 0 aromatic rings. The van der Waals surface area contributed by atoms with Crippen molar-refractivity contribution in [1.29, 1.82) is 0 Å². The predicted octanol–water partition coefficient (Wildman–Crippen LogP) is -2.77. The Labute approximate surface area is 252 Å². The van der Waals surface area contributed by atoms with Gasteiger partial charge >= 0.3 is 11.9 Å². The average Bonchev–Trinajstić information content (AvgIpc) is 2.96. The van der Waals surface area contributed by atoms with E-state index in [4.69, 9.17) is 5.11 Å². The van der Waals surface area contributed by atoms with Gasteiger partial charge in [0.05, 0.1) is 6.61 Å². The van der Waals surface area contributed by atoms with E-state index in [-0.39, 0.29) is 25.7 Å². The molecular formula is C26H44F2N4O12. The number of rotatable bonds is 18. The number of hydrogen-bond donors (Lipinski definition) is 10. The van der Waals surface area contributed by atoms with Crippen LogP contribution in [0.2, 0.25) is 0 Å². The lowest BCUT2D eigenvalue weighted by Crippen LogP contribution is -2.73. The lowest BCUT2D eigenvalue weighted by Gasteiger charge is -2.47. The first-order chi connectivity index (χ1) is 20.4. The van der Waals surface area contributed by atoms with Crippen LogP contribution in [0.15, 0.2) is 0 Å². The molecule has 1 heterocycles. The monoisotopic (exact) mass is 642 g/mol. The highest BCUT2D eigenvalue weighted by Gasteiger charge is 2.69. The highest BCUT2D eigenvalue weighted by atomic mass is 19.3. The van der Waals surface area contributed by atoms with Gasteiger partial charge in [-0.05, 0) is 39.5 Å². The van der Waals surface area contributed by atoms with Gasteiger partial charge in [0.25, 0.3) is 11.7 Å². The van der Waals surface area contributed by atoms with Crippen molar-refractivity contribution >= 4 is 29.6 Å². The largest absolute Gasteiger partial charge is 0.480 e. The number of amides is 4. The molecule has 2 unspecified atom stereocenters. The molecule has 0 bridgehead atoms. The van der Waals surface area contributed by atoms with Crippen molar-refractivity contribution in [3.05, 3.63) is 0 Å². The van der Waals surface area contributed by atoms with Gasteiger partial charge in [-0.15, -0.1) is 0 Å². The van der Waals surface area contributed by atoms with Crippen LogP contribution in [0, 0.1) is 0 Å². The van der Waals surface area contributed by atoms with E-state index in [1.807, 2.05) is 12.2 Å². The van der Waals surface area contributed by atoms with E-state index < -0.39 is 97.0 Å². The lowest BCUT2D eigenvalue weighted by molar-refractivity contribution is -0.401. The number of aliphatic hydroxyl groups excluding tert-OH is 4. The van der Waals surface area contributed by atoms with E-state index in [2.05, 4.69) is 20.7 Å². The highest BCUT2D eigenvalue weighted by Crippen LogP contribution is 2.40. The Morgan fingerprint density at radius 3 is 2.09 bits per heavy atom. The van der Waals surface area contributed by atoms with Crippen LogP contribution in [0.4, 0.5) is 8.78 Å². The highest BCUT2D eigenvalue weighted by molar-refractivity contribution is 5.93. The van der Waals surface area contributed by atoms with Gasteiger partial charge in [0.1, 0.15) is 42.5 Å². The topological polar surface area (TPSA) is 264 Å². The van der Waals surface area contributed by atoms with Crippen LogP contribution < -0.4 is 21.3 Å². The second kappa shape index (κ2) is 17.5. The fraction of sp³-hybridized carbons (Fsp3) is 0.808. The minimum absolute atomic E-state index is 0.0219. The van der Waals surface area contributed by atoms with Crippen LogP contribution in [-0.2, 0) is 28.7 Å². The van der Waals surface area contributed by atoms with Gasteiger partial charge in [-0.1, -0.05) is 19.8 Å². The second-order valence-electron chi connectivity index (χ2n) is 10.7. The normalized spacial score (nSPS) is 25.7. The zero-order valence-corrected chi connectivity index (χ0v) is 24.8. The van der Waals surface area contributed by atoms with Crippen molar-refractivity contribution in [2.75, 3.05) is 13.2 Å². The third-order valence-corrected chi connectivity index (χ3v) is 7.05. The summed E-state index contributed by atoms with van der Waals surface area (Å²) in [5.74, 6) is -14.2. The van der Waals surface area contributed by atoms with Gasteiger partial charge in [-0.3, -0.25) is 24.0 Å². The first-order valence-corrected chi connectivity index (χ1v) is 14.3. The van der Waals surface area contributed by atoms with Crippen LogP contribution in [0.3, 0.4) is 0 Å². The summed E-state index contributed by atoms with van der Waals surface area (Å²) >= 11 is 0. The lowest BCUT2D eigenvalue weighted by atomic mass is 9.88. The van der Waals surface area contributed by atoms with Gasteiger partial charge in [-0.2, -0.15) is 8.78 Å². The molecular weight excluding hydrogens is 598 g/mol. The van der Waals surface area contributed by atoms with E-state index in [1.54, 1.807) is 0 Å². The summed E-state index contributed by atoms with van der Waals surface area (Å²) in [6.07, 6.45) is -6.87. The number of ether oxygens (including phenoxy) is 1. The number of carbonyl (C=O) groups is 5. The van der Waals surface area contributed by atoms with E-state index in [0.29, 0.717) is 6.42 Å². The van der Waals surface area contributed by atoms with Gasteiger partial charge in [0.15, 0.2) is 0 Å². The van der Waals surface area contributed by atoms with Crippen LogP contribution >= 0.6 is 0 Å². The number of carboxylic acids is 1. The van der Waals surface area contributed by atoms with Gasteiger partial charge in [0.2, 0.25) is 17.7 Å². The van der Waals surface area contributed by atoms with Crippen molar-refractivity contribution < 1.29 is 68.1 Å². The SMILES string of the molecule is CCCCCC(=O)N[C@@H](CCCCNC(=O)C(F)(F)[C@]1(O)OC(CO)C(O)[C@H](O)[C@H]1O)C(=O)N[C@@H](C)C(=O)N[C@@H](C)C(=O)O. The molecule has 8 atom stereocenters. The average molecular weight is 643 g/mol. The van der Waals surface area contributed by atoms with E-state index in [1.165, 1.54) is 13.8 Å². The van der Waals surface area contributed by atoms with Crippen LogP contribution in [0.1, 0.15) is 65.7 Å². The summed E-state index contributed by atoms with van der Waals surface area (Å²) in [4.78, 5) is 60.7. The Morgan fingerprint density at radius 1 is 0.909 bits per heavy atom. The number of unbranched alkanes of at least 4 members (excludes halogenated alkanes) is 3. The quantitative estimate of drug-likeness (QED) is 0.0681. The van der Waals surface area contributed by atoms with Crippen LogP contribution in [0.5, 0.6) is 0 Å². The van der Waals surface area contributed by atoms with Gasteiger partial charge in [-0.25, -0.2) is 0 Å². The first kappa shape index (κ1) is 39.0. The molecule has 18 heteroatoms. The molecule has 0 radical (unpaired) electrons. The maximum Gasteiger partial charge on any atom is 0.379 e. The molecule has 0 spiro atoms. The molecule has 10 N–H and O–H groups in total. The Bertz CT molecular complexity index is 1000. The number of carboxylic acid groups (broad SMARTS) is 1. The molecule has 1 rings (SSSR count). The number of aliphatic carboxylic acids is 1. The van der Waals surface area contributed by atoms with Crippen molar-refractivity contribution in [2.45, 2.75) is 120 Å². The zero-order chi connectivity index (χ0) is 33.8. The third kappa shape index (κ3) is 10.3. The Morgan fingerprint density at radius 2 is 1.52 bits per heavy atom. The Kier molecular flexibility index (Phi) is 15.5. The number of alkyl halides is 2. The summed E-state index contributed by atoms with van der Waals surface area (Å²) in [7, 11) is 0. The fourth-order valence-electron chi connectivity index (χ4n) is 4.21. The molecule has 1 saturated heterocycles. The first-order valence-electron chi connectivity index (χ1n) is 14.3. The van der Waals surface area contributed by atoms with E-state index in [0.717, 1.165) is 12.8 Å². The molecule has 4 amide bonds. The van der Waals surface area contributed by atoms with Crippen molar-refractivity contribution in [2.24, 2.45) is 0 Å². The van der Waals surface area contributed by atoms with Gasteiger partial charge < -0.3 is 56.6 Å². The number of aliphatic hydroxyl groups is 5. The summed E-state index contributed by atoms with van der Waals surface area (Å²) in [6, 6.07) is -3.55. The number of hydrogen-bond acceptors (Lipinski definition) is 11. The molecule has 16 nitrogen and oxygen atoms in total. The predicted molar refractivity (Wildman–Crippen MR) is 146 cm³/mol. The van der Waals surface area contributed by atoms with Crippen LogP contribution in [0.25, 0.3) is 0 Å². The summed E-state index contributed by atoms with van der Waals surface area (Å²) in [5.41, 5.74) is 0. The molecule has 1 aliphatic rings. The minimum atomic E-state index is -4.86. The standard InChI is InChI=1S/C26H44F2N4O12/c1-4-5-6-10-17(34)32-15(22(39)30-13(2)21(38)31-14(3)23(40)41)9-7-8-11-29-24(42)25(27,28)26(43)20(37)19(36)18(35)16(12-33)44-26/h13-16,18-20,33,35-37,43H,4-12H2,1-3H3,(H,29,42)(H,30,39)(H,31,38)(H,32,34)(H,40,41)/t13-,14-,15-,16?,18?,19-,20+,26+/m0/s1. The van der Waals surface area contributed by atoms with Crippen LogP contribution in [-0.4, -0.2) is 128 Å². The number of halogens is 2. The van der Waals surface area contributed by atoms with Crippen molar-refractivity contribution in [3.8, 4) is 0 Å². The number of nitrogens with one attached hydrogen (secondary N) is 4. The molecule has 0 aromatic heterocycles. The van der Waals surface area contributed by atoms with Crippen molar-refractivity contribution in [1.82, 2.24) is 21.3 Å². The van der Waals surface area contributed by atoms with Crippen molar-refractivity contribution in [3.63, 3.8) is 0 Å². The molecule has 254 valence electrons. The molecule has 1 aliphatic heterocycles. The second-order valence-corrected chi connectivity index (χ2v) is 10.7. The maximum atomic E-state index is 14.9. The molecule has 0 aromatic carbocycles. The molecule has 0 aliphatic carbocycles. The summed E-state index contributed by atoms with van der Waals surface area (Å²) in [6.45, 7) is 2.92. The molecule has 1 fully saturated rings. The number of carbonyl (C=O) groups excluding carboxylic acids is 4. The summed E-state index contributed by atoms with van der Waals surface area (Å²) in [5, 5.41) is 66.9. The Balaban J connectivity index is 2.80. The molecule has 0 saturated carbocycles. The van der Waals surface area contributed by atoms with E-state index in [9.17, 15) is 58.3 Å². The smallest absolute Gasteiger partial charge is 0.379 e.